The summed E-state index contributed by atoms with van der Waals surface area (Å²) in [5.41, 5.74) is 2.16. The van der Waals surface area contributed by atoms with Gasteiger partial charge in [-0.05, 0) is 34.9 Å². The minimum Gasteiger partial charge on any atom is -0.340 e. The molecule has 3 rings (SSSR count). The van der Waals surface area contributed by atoms with Crippen molar-refractivity contribution in [1.82, 2.24) is 5.32 Å². The molecule has 142 valence electrons. The number of nitriles is 1. The van der Waals surface area contributed by atoms with Crippen LogP contribution < -0.4 is 5.32 Å². The van der Waals surface area contributed by atoms with Crippen molar-refractivity contribution in [3.63, 3.8) is 0 Å². The number of hydrogen-bond donors (Lipinski definition) is 1. The van der Waals surface area contributed by atoms with Gasteiger partial charge >= 0.3 is 0 Å². The molecule has 0 saturated heterocycles. The monoisotopic (exact) mass is 383 g/mol. The van der Waals surface area contributed by atoms with Gasteiger partial charge < -0.3 is 5.32 Å². The summed E-state index contributed by atoms with van der Waals surface area (Å²) in [6, 6.07) is 26.1. The maximum atomic E-state index is 12.8. The second-order valence-corrected chi connectivity index (χ2v) is 6.25. The van der Waals surface area contributed by atoms with Crippen LogP contribution in [0, 0.1) is 21.4 Å². The summed E-state index contributed by atoms with van der Waals surface area (Å²) in [6.45, 7) is 0. The number of non-ortho nitro benzene ring substituents is 1. The fraction of sp³-hybridized carbons (Fsp3) is 0.0435. The zero-order chi connectivity index (χ0) is 20.6. The molecule has 6 heteroatoms. The average Bonchev–Trinajstić information content (AvgIpc) is 2.77. The Morgan fingerprint density at radius 2 is 1.45 bits per heavy atom. The Labute approximate surface area is 167 Å². The largest absolute Gasteiger partial charge is 0.340 e. The van der Waals surface area contributed by atoms with Gasteiger partial charge in [-0.1, -0.05) is 60.7 Å². The molecule has 0 heterocycles. The Balaban J connectivity index is 1.88. The molecule has 1 N–H and O–H groups in total. The fourth-order valence-electron chi connectivity index (χ4n) is 2.87. The zero-order valence-corrected chi connectivity index (χ0v) is 15.4. The lowest BCUT2D eigenvalue weighted by Gasteiger charge is -2.19. The molecule has 0 fully saturated rings. The molecule has 0 aliphatic carbocycles. The van der Waals surface area contributed by atoms with Crippen LogP contribution in [0.15, 0.2) is 90.5 Å². The first-order valence-corrected chi connectivity index (χ1v) is 8.85. The van der Waals surface area contributed by atoms with E-state index < -0.39 is 16.9 Å². The molecule has 3 aromatic carbocycles. The molecular weight excluding hydrogens is 366 g/mol. The number of carbonyl (C=O) groups excluding carboxylic acids is 1. The molecule has 0 aliphatic rings. The number of benzene rings is 3. The average molecular weight is 383 g/mol. The Morgan fingerprint density at radius 1 is 0.931 bits per heavy atom. The Bertz CT molecular complexity index is 1030. The van der Waals surface area contributed by atoms with Crippen LogP contribution in [-0.4, -0.2) is 10.8 Å². The van der Waals surface area contributed by atoms with Crippen LogP contribution in [0.5, 0.6) is 0 Å². The molecule has 3 aromatic rings. The second kappa shape index (κ2) is 9.11. The van der Waals surface area contributed by atoms with E-state index in [4.69, 9.17) is 0 Å². The van der Waals surface area contributed by atoms with Crippen LogP contribution in [0.25, 0.3) is 6.08 Å². The van der Waals surface area contributed by atoms with Crippen molar-refractivity contribution >= 4 is 17.7 Å². The number of nitrogens with zero attached hydrogens (tertiary/aromatic N) is 2. The van der Waals surface area contributed by atoms with E-state index in [-0.39, 0.29) is 11.3 Å². The lowest BCUT2D eigenvalue weighted by molar-refractivity contribution is -0.384. The SMILES string of the molecule is N#C/C(=C\c1ccc([N+](=O)[O-])cc1)C(=O)NC(c1ccccc1)c1ccccc1. The topological polar surface area (TPSA) is 96.0 Å². The summed E-state index contributed by atoms with van der Waals surface area (Å²) >= 11 is 0. The van der Waals surface area contributed by atoms with Crippen LogP contribution in [0.1, 0.15) is 22.7 Å². The van der Waals surface area contributed by atoms with E-state index in [1.165, 1.54) is 30.3 Å². The minimum absolute atomic E-state index is 0.0571. The summed E-state index contributed by atoms with van der Waals surface area (Å²) in [5, 5.41) is 23.1. The van der Waals surface area contributed by atoms with Crippen molar-refractivity contribution in [2.75, 3.05) is 0 Å². The van der Waals surface area contributed by atoms with Crippen molar-refractivity contribution in [1.29, 1.82) is 5.26 Å². The number of nitro groups is 1. The highest BCUT2D eigenvalue weighted by molar-refractivity contribution is 6.02. The number of nitrogens with one attached hydrogen (secondary N) is 1. The van der Waals surface area contributed by atoms with E-state index >= 15 is 0 Å². The summed E-state index contributed by atoms with van der Waals surface area (Å²) in [4.78, 5) is 23.1. The summed E-state index contributed by atoms with van der Waals surface area (Å²) in [5.74, 6) is -0.524. The van der Waals surface area contributed by atoms with Crippen LogP contribution in [0.2, 0.25) is 0 Å². The second-order valence-electron chi connectivity index (χ2n) is 6.25. The molecular formula is C23H17N3O3. The highest BCUT2D eigenvalue weighted by atomic mass is 16.6. The maximum Gasteiger partial charge on any atom is 0.269 e. The van der Waals surface area contributed by atoms with Crippen LogP contribution >= 0.6 is 0 Å². The van der Waals surface area contributed by atoms with Gasteiger partial charge in [-0.3, -0.25) is 14.9 Å². The van der Waals surface area contributed by atoms with Gasteiger partial charge in [0.2, 0.25) is 0 Å². The van der Waals surface area contributed by atoms with E-state index in [9.17, 15) is 20.2 Å². The Kier molecular flexibility index (Phi) is 6.13. The van der Waals surface area contributed by atoms with E-state index in [1.54, 1.807) is 0 Å². The number of rotatable bonds is 6. The standard InChI is InChI=1S/C23H17N3O3/c24-16-20(15-17-11-13-21(14-12-17)26(28)29)23(27)25-22(18-7-3-1-4-8-18)19-9-5-2-6-10-19/h1-15,22H,(H,25,27)/b20-15+. The first-order valence-electron chi connectivity index (χ1n) is 8.85. The van der Waals surface area contributed by atoms with E-state index in [0.717, 1.165) is 11.1 Å². The molecule has 0 atom stereocenters. The third kappa shape index (κ3) is 4.93. The molecule has 0 aromatic heterocycles. The minimum atomic E-state index is -0.524. The number of amides is 1. The molecule has 0 spiro atoms. The zero-order valence-electron chi connectivity index (χ0n) is 15.4. The first-order chi connectivity index (χ1) is 14.1. The van der Waals surface area contributed by atoms with Crippen LogP contribution in [0.4, 0.5) is 5.69 Å². The fourth-order valence-corrected chi connectivity index (χ4v) is 2.87. The maximum absolute atomic E-state index is 12.8. The predicted octanol–water partition coefficient (Wildman–Crippen LogP) is 4.41. The van der Waals surface area contributed by atoms with Gasteiger partial charge in [0, 0.05) is 12.1 Å². The molecule has 1 amide bonds. The van der Waals surface area contributed by atoms with Gasteiger partial charge in [-0.25, -0.2) is 0 Å². The highest BCUT2D eigenvalue weighted by Gasteiger charge is 2.19. The third-order valence-electron chi connectivity index (χ3n) is 4.32. The third-order valence-corrected chi connectivity index (χ3v) is 4.32. The number of carbonyl (C=O) groups is 1. The number of nitro benzene ring substituents is 1. The molecule has 0 unspecified atom stereocenters. The Morgan fingerprint density at radius 3 is 1.90 bits per heavy atom. The van der Waals surface area contributed by atoms with E-state index in [2.05, 4.69) is 5.32 Å². The van der Waals surface area contributed by atoms with Crippen molar-refractivity contribution in [2.24, 2.45) is 0 Å². The van der Waals surface area contributed by atoms with Gasteiger partial charge in [0.1, 0.15) is 11.6 Å². The van der Waals surface area contributed by atoms with Crippen molar-refractivity contribution in [2.45, 2.75) is 6.04 Å². The number of hydrogen-bond acceptors (Lipinski definition) is 4. The lowest BCUT2D eigenvalue weighted by Crippen LogP contribution is -2.30. The van der Waals surface area contributed by atoms with Crippen molar-refractivity contribution in [3.8, 4) is 6.07 Å². The first kappa shape index (κ1) is 19.5. The Hall–Kier alpha value is -4.24. The smallest absolute Gasteiger partial charge is 0.269 e. The van der Waals surface area contributed by atoms with Crippen LogP contribution in [0.3, 0.4) is 0 Å². The van der Waals surface area contributed by atoms with Gasteiger partial charge in [0.05, 0.1) is 11.0 Å². The summed E-state index contributed by atoms with van der Waals surface area (Å²) in [7, 11) is 0. The summed E-state index contributed by atoms with van der Waals surface area (Å²) < 4.78 is 0. The molecule has 0 radical (unpaired) electrons. The van der Waals surface area contributed by atoms with Crippen molar-refractivity contribution < 1.29 is 9.72 Å². The summed E-state index contributed by atoms with van der Waals surface area (Å²) in [6.07, 6.45) is 1.41. The van der Waals surface area contributed by atoms with E-state index in [0.29, 0.717) is 5.56 Å². The van der Waals surface area contributed by atoms with Gasteiger partial charge in [0.25, 0.3) is 11.6 Å². The van der Waals surface area contributed by atoms with Gasteiger partial charge in [0.15, 0.2) is 0 Å². The quantitative estimate of drug-likeness (QED) is 0.295. The van der Waals surface area contributed by atoms with Crippen molar-refractivity contribution in [3.05, 3.63) is 117 Å². The van der Waals surface area contributed by atoms with E-state index in [1.807, 2.05) is 66.7 Å². The molecule has 0 aliphatic heterocycles. The molecule has 6 nitrogen and oxygen atoms in total. The molecule has 29 heavy (non-hydrogen) atoms. The van der Waals surface area contributed by atoms with Gasteiger partial charge in [-0.2, -0.15) is 5.26 Å². The highest BCUT2D eigenvalue weighted by Crippen LogP contribution is 2.22. The van der Waals surface area contributed by atoms with Gasteiger partial charge in [-0.15, -0.1) is 0 Å². The normalized spacial score (nSPS) is 11.0. The van der Waals surface area contributed by atoms with Crippen LogP contribution in [-0.2, 0) is 4.79 Å². The lowest BCUT2D eigenvalue weighted by atomic mass is 9.98. The predicted molar refractivity (Wildman–Crippen MR) is 110 cm³/mol. The molecule has 0 saturated carbocycles. The molecule has 0 bridgehead atoms.